The van der Waals surface area contributed by atoms with Crippen LogP contribution in [0.15, 0.2) is 0 Å². The number of rotatable bonds is 16. The van der Waals surface area contributed by atoms with Gasteiger partial charge in [0, 0.05) is 11.8 Å². The zero-order valence-electron chi connectivity index (χ0n) is 16.2. The third-order valence-electron chi connectivity index (χ3n) is 3.99. The van der Waals surface area contributed by atoms with E-state index in [1.165, 1.54) is 0 Å². The smallest absolute Gasteiger partial charge is 0.325 e. The molecule has 0 aromatic rings. The van der Waals surface area contributed by atoms with Gasteiger partial charge in [0.05, 0.1) is 40.0 Å². The summed E-state index contributed by atoms with van der Waals surface area (Å²) in [4.78, 5) is 69.8. The van der Waals surface area contributed by atoms with Crippen molar-refractivity contribution in [3.63, 3.8) is 0 Å². The van der Waals surface area contributed by atoms with Gasteiger partial charge in [0.2, 0.25) is 11.8 Å². The molecule has 0 aliphatic rings. The number of amides is 2. The Hall–Kier alpha value is -2.70. The van der Waals surface area contributed by atoms with E-state index < -0.39 is 69.2 Å². The summed E-state index contributed by atoms with van der Waals surface area (Å²) in [6.45, 7) is -3.96. The van der Waals surface area contributed by atoms with Gasteiger partial charge in [-0.25, -0.2) is 0 Å². The Labute approximate surface area is 167 Å². The van der Waals surface area contributed by atoms with Gasteiger partial charge in [-0.05, 0) is 0 Å². The van der Waals surface area contributed by atoms with E-state index in [0.717, 1.165) is 16.9 Å². The number of aliphatic hydroxyl groups is 2. The molecule has 29 heavy (non-hydrogen) atoms. The van der Waals surface area contributed by atoms with Crippen LogP contribution in [-0.2, 0) is 38.2 Å². The summed E-state index contributed by atoms with van der Waals surface area (Å²) in [6.07, 6.45) is 1.08. The highest BCUT2D eigenvalue weighted by Crippen LogP contribution is 2.19. The van der Waals surface area contributed by atoms with Gasteiger partial charge in [-0.2, -0.15) is 0 Å². The molecule has 0 aromatic carbocycles. The molecule has 0 atom stereocenters. The highest BCUT2D eigenvalue weighted by molar-refractivity contribution is 5.89. The van der Waals surface area contributed by atoms with Crippen LogP contribution >= 0.6 is 0 Å². The molecule has 0 aliphatic carbocycles. The molecule has 0 saturated carbocycles. The third-order valence-corrected chi connectivity index (χ3v) is 3.99. The van der Waals surface area contributed by atoms with Crippen molar-refractivity contribution in [3.05, 3.63) is 0 Å². The lowest BCUT2D eigenvalue weighted by atomic mass is 9.88. The molecule has 0 fully saturated rings. The molecule has 0 rings (SSSR count). The van der Waals surface area contributed by atoms with Gasteiger partial charge in [-0.15, -0.1) is 0 Å². The highest BCUT2D eigenvalue weighted by Gasteiger charge is 2.30. The molecule has 0 radical (unpaired) electrons. The molecule has 164 valence electrons. The number of ether oxygens (including phenoxy) is 2. The van der Waals surface area contributed by atoms with Crippen LogP contribution in [0.3, 0.4) is 0 Å². The number of aliphatic hydroxyl groups excluding tert-OH is 2. The van der Waals surface area contributed by atoms with E-state index in [2.05, 4.69) is 4.74 Å². The predicted molar refractivity (Wildman–Crippen MR) is 95.4 cm³/mol. The van der Waals surface area contributed by atoms with E-state index in [-0.39, 0.29) is 13.0 Å². The Morgan fingerprint density at radius 1 is 0.897 bits per heavy atom. The molecule has 0 bridgehead atoms. The molecule has 2 amide bonds. The summed E-state index contributed by atoms with van der Waals surface area (Å²) in [5, 5.41) is 18.7. The molecule has 0 unspecified atom stereocenters. The highest BCUT2D eigenvalue weighted by atomic mass is 16.5. The summed E-state index contributed by atoms with van der Waals surface area (Å²) >= 11 is 0. The average molecular weight is 418 g/mol. The minimum atomic E-state index is -1.26. The number of aldehydes is 3. The molecule has 2 N–H and O–H groups in total. The van der Waals surface area contributed by atoms with E-state index in [4.69, 9.17) is 4.74 Å². The molecular weight excluding hydrogens is 392 g/mol. The van der Waals surface area contributed by atoms with E-state index in [1.807, 2.05) is 0 Å². The number of carbonyl (C=O) groups is 6. The second-order valence-corrected chi connectivity index (χ2v) is 6.14. The van der Waals surface area contributed by atoms with Crippen molar-refractivity contribution in [1.82, 2.24) is 9.80 Å². The second kappa shape index (κ2) is 14.3. The number of esters is 1. The average Bonchev–Trinajstić information content (AvgIpc) is 2.72. The van der Waals surface area contributed by atoms with E-state index >= 15 is 0 Å². The molecule has 0 aromatic heterocycles. The van der Waals surface area contributed by atoms with Crippen molar-refractivity contribution in [2.24, 2.45) is 5.41 Å². The van der Waals surface area contributed by atoms with Crippen LogP contribution in [0, 0.1) is 5.41 Å². The fraction of sp³-hybridized carbons (Fsp3) is 0.647. The molecule has 0 heterocycles. The topological polar surface area (TPSA) is 168 Å². The van der Waals surface area contributed by atoms with E-state index in [9.17, 15) is 39.0 Å². The first-order chi connectivity index (χ1) is 13.8. The van der Waals surface area contributed by atoms with Crippen LogP contribution in [0.1, 0.15) is 6.42 Å². The molecule has 0 saturated heterocycles. The van der Waals surface area contributed by atoms with Crippen LogP contribution < -0.4 is 0 Å². The Bertz CT molecular complexity index is 577. The zero-order valence-corrected chi connectivity index (χ0v) is 16.2. The van der Waals surface area contributed by atoms with Gasteiger partial charge in [-0.3, -0.25) is 14.4 Å². The summed E-state index contributed by atoms with van der Waals surface area (Å²) in [6, 6.07) is 0. The van der Waals surface area contributed by atoms with Gasteiger partial charge < -0.3 is 43.9 Å². The normalized spacial score (nSPS) is 10.7. The number of carbonyl (C=O) groups excluding carboxylic acids is 6. The van der Waals surface area contributed by atoms with Crippen LogP contribution in [0.25, 0.3) is 0 Å². The SMILES string of the molecule is COC(=O)CN(CC=O)C(=O)CN(CC=O)C(=O)COCC(CO)(CO)CC=O. The lowest BCUT2D eigenvalue weighted by Crippen LogP contribution is -2.47. The minimum Gasteiger partial charge on any atom is -0.468 e. The molecule has 12 heteroatoms. The van der Waals surface area contributed by atoms with Crippen molar-refractivity contribution >= 4 is 36.6 Å². The van der Waals surface area contributed by atoms with Gasteiger partial charge >= 0.3 is 5.97 Å². The Morgan fingerprint density at radius 3 is 1.90 bits per heavy atom. The standard InChI is InChI=1S/C17H26N2O10/c1-28-16(27)9-19(4-7-22)14(25)8-18(3-6-21)15(26)10-29-13-17(11-23,12-24)2-5-20/h5-7,23-24H,2-4,8-13H2,1H3. The van der Waals surface area contributed by atoms with Gasteiger partial charge in [0.15, 0.2) is 0 Å². The minimum absolute atomic E-state index is 0.196. The van der Waals surface area contributed by atoms with Crippen LogP contribution in [0.4, 0.5) is 0 Å². The maximum atomic E-state index is 12.3. The lowest BCUT2D eigenvalue weighted by Gasteiger charge is -2.28. The number of hydrogen-bond acceptors (Lipinski definition) is 10. The fourth-order valence-electron chi connectivity index (χ4n) is 2.12. The first-order valence-electron chi connectivity index (χ1n) is 8.55. The quantitative estimate of drug-likeness (QED) is 0.192. The molecule has 12 nitrogen and oxygen atoms in total. The third kappa shape index (κ3) is 9.36. The molecular formula is C17H26N2O10. The molecule has 0 aliphatic heterocycles. The Kier molecular flexibility index (Phi) is 13.0. The number of nitrogens with zero attached hydrogens (tertiary/aromatic N) is 2. The summed E-state index contributed by atoms with van der Waals surface area (Å²) in [5.41, 5.74) is -1.26. The second-order valence-electron chi connectivity index (χ2n) is 6.14. The largest absolute Gasteiger partial charge is 0.468 e. The van der Waals surface area contributed by atoms with E-state index in [1.54, 1.807) is 0 Å². The Balaban J connectivity index is 4.96. The Morgan fingerprint density at radius 2 is 1.45 bits per heavy atom. The first kappa shape index (κ1) is 26.3. The van der Waals surface area contributed by atoms with Gasteiger partial charge in [0.25, 0.3) is 0 Å². The summed E-state index contributed by atoms with van der Waals surface area (Å²) in [5.74, 6) is -2.29. The number of methoxy groups -OCH3 is 1. The number of hydrogen-bond donors (Lipinski definition) is 2. The lowest BCUT2D eigenvalue weighted by molar-refractivity contribution is -0.150. The van der Waals surface area contributed by atoms with Gasteiger partial charge in [-0.1, -0.05) is 0 Å². The first-order valence-corrected chi connectivity index (χ1v) is 8.55. The van der Waals surface area contributed by atoms with Crippen molar-refractivity contribution in [2.45, 2.75) is 6.42 Å². The summed E-state index contributed by atoms with van der Waals surface area (Å²) < 4.78 is 9.58. The summed E-state index contributed by atoms with van der Waals surface area (Å²) in [7, 11) is 1.11. The van der Waals surface area contributed by atoms with Crippen molar-refractivity contribution in [3.8, 4) is 0 Å². The maximum Gasteiger partial charge on any atom is 0.325 e. The van der Waals surface area contributed by atoms with Crippen LogP contribution in [-0.4, -0.2) is 116 Å². The van der Waals surface area contributed by atoms with Crippen LogP contribution in [0.5, 0.6) is 0 Å². The van der Waals surface area contributed by atoms with Crippen LogP contribution in [0.2, 0.25) is 0 Å². The fourth-order valence-corrected chi connectivity index (χ4v) is 2.12. The van der Waals surface area contributed by atoms with E-state index in [0.29, 0.717) is 18.9 Å². The molecule has 0 spiro atoms. The van der Waals surface area contributed by atoms with Crippen molar-refractivity contribution < 1.29 is 48.5 Å². The zero-order chi connectivity index (χ0) is 22.3. The van der Waals surface area contributed by atoms with Gasteiger partial charge in [0.1, 0.15) is 38.6 Å². The van der Waals surface area contributed by atoms with Crippen molar-refractivity contribution in [1.29, 1.82) is 0 Å². The predicted octanol–water partition coefficient (Wildman–Crippen LogP) is -3.21. The maximum absolute atomic E-state index is 12.3. The van der Waals surface area contributed by atoms with Crippen molar-refractivity contribution in [2.75, 3.05) is 59.7 Å². The monoisotopic (exact) mass is 418 g/mol.